The Kier molecular flexibility index (Phi) is 3.85. The number of nitrogens with zero attached hydrogens (tertiary/aromatic N) is 2. The zero-order valence-corrected chi connectivity index (χ0v) is 9.57. The number of carbonyl (C=O) groups is 1. The average Bonchev–Trinajstić information content (AvgIpc) is 2.56. The van der Waals surface area contributed by atoms with E-state index in [-0.39, 0.29) is 12.0 Å². The summed E-state index contributed by atoms with van der Waals surface area (Å²) in [7, 11) is 5.09. The van der Waals surface area contributed by atoms with Gasteiger partial charge in [0.15, 0.2) is 0 Å². The van der Waals surface area contributed by atoms with Gasteiger partial charge in [0.2, 0.25) is 0 Å². The van der Waals surface area contributed by atoms with Crippen LogP contribution in [0.1, 0.15) is 23.7 Å². The molecule has 0 saturated heterocycles. The van der Waals surface area contributed by atoms with Crippen molar-refractivity contribution in [3.8, 4) is 0 Å². The lowest BCUT2D eigenvalue weighted by molar-refractivity contribution is -0.141. The van der Waals surface area contributed by atoms with Crippen LogP contribution in [0.3, 0.4) is 0 Å². The molecule has 0 aliphatic rings. The third-order valence-corrected chi connectivity index (χ3v) is 2.60. The van der Waals surface area contributed by atoms with Crippen LogP contribution in [0.5, 0.6) is 0 Å². The van der Waals surface area contributed by atoms with Crippen molar-refractivity contribution in [1.82, 2.24) is 15.1 Å². The molecule has 0 aromatic carbocycles. The summed E-state index contributed by atoms with van der Waals surface area (Å²) in [5, 5.41) is 7.23. The first-order chi connectivity index (χ1) is 7.10. The standard InChI is InChI=1S/C10H17N3O2/c1-7-8(6-12-13(7)3)9(11-2)5-10(14)15-4/h6,9,11H,5H2,1-4H3. The molecular weight excluding hydrogens is 194 g/mol. The number of carbonyl (C=O) groups excluding carboxylic acids is 1. The van der Waals surface area contributed by atoms with Gasteiger partial charge in [-0.3, -0.25) is 9.48 Å². The van der Waals surface area contributed by atoms with E-state index in [2.05, 4.69) is 15.2 Å². The van der Waals surface area contributed by atoms with E-state index in [0.717, 1.165) is 11.3 Å². The number of esters is 1. The highest BCUT2D eigenvalue weighted by Crippen LogP contribution is 2.19. The second-order valence-electron chi connectivity index (χ2n) is 3.43. The molecule has 0 radical (unpaired) electrons. The third-order valence-electron chi connectivity index (χ3n) is 2.60. The predicted molar refractivity (Wildman–Crippen MR) is 56.4 cm³/mol. The summed E-state index contributed by atoms with van der Waals surface area (Å²) in [5.41, 5.74) is 2.09. The minimum atomic E-state index is -0.224. The molecule has 15 heavy (non-hydrogen) atoms. The highest BCUT2D eigenvalue weighted by Gasteiger charge is 2.18. The van der Waals surface area contributed by atoms with E-state index in [9.17, 15) is 4.79 Å². The normalized spacial score (nSPS) is 12.5. The number of hydrogen-bond donors (Lipinski definition) is 1. The monoisotopic (exact) mass is 211 g/mol. The van der Waals surface area contributed by atoms with E-state index in [1.807, 2.05) is 21.0 Å². The summed E-state index contributed by atoms with van der Waals surface area (Å²) in [6, 6.07) is -0.0360. The van der Waals surface area contributed by atoms with Crippen LogP contribution >= 0.6 is 0 Å². The zero-order chi connectivity index (χ0) is 11.4. The lowest BCUT2D eigenvalue weighted by Gasteiger charge is -2.14. The maximum absolute atomic E-state index is 11.2. The number of aryl methyl sites for hydroxylation is 1. The fourth-order valence-electron chi connectivity index (χ4n) is 1.48. The number of hydrogen-bond acceptors (Lipinski definition) is 4. The summed E-state index contributed by atoms with van der Waals surface area (Å²) >= 11 is 0. The van der Waals surface area contributed by atoms with Crippen molar-refractivity contribution in [3.05, 3.63) is 17.5 Å². The molecular formula is C10H17N3O2. The molecule has 1 N–H and O–H groups in total. The first kappa shape index (κ1) is 11.7. The Balaban J connectivity index is 2.83. The van der Waals surface area contributed by atoms with Gasteiger partial charge in [0.05, 0.1) is 19.7 Å². The number of rotatable bonds is 4. The maximum Gasteiger partial charge on any atom is 0.307 e. The van der Waals surface area contributed by atoms with Gasteiger partial charge in [-0.2, -0.15) is 5.10 Å². The first-order valence-electron chi connectivity index (χ1n) is 4.82. The number of aromatic nitrogens is 2. The van der Waals surface area contributed by atoms with E-state index >= 15 is 0 Å². The molecule has 84 valence electrons. The predicted octanol–water partition coefficient (Wildman–Crippen LogP) is 0.552. The number of ether oxygens (including phenoxy) is 1. The second-order valence-corrected chi connectivity index (χ2v) is 3.43. The average molecular weight is 211 g/mol. The molecule has 5 heteroatoms. The van der Waals surface area contributed by atoms with Crippen LogP contribution in [-0.2, 0) is 16.6 Å². The van der Waals surface area contributed by atoms with Crippen LogP contribution in [0, 0.1) is 6.92 Å². The van der Waals surface area contributed by atoms with Crippen molar-refractivity contribution in [3.63, 3.8) is 0 Å². The van der Waals surface area contributed by atoms with Gasteiger partial charge in [-0.25, -0.2) is 0 Å². The topological polar surface area (TPSA) is 56.1 Å². The van der Waals surface area contributed by atoms with Crippen LogP contribution < -0.4 is 5.32 Å². The molecule has 0 aliphatic carbocycles. The van der Waals surface area contributed by atoms with E-state index in [0.29, 0.717) is 6.42 Å². The van der Waals surface area contributed by atoms with Gasteiger partial charge in [-0.1, -0.05) is 0 Å². The third kappa shape index (κ3) is 2.56. The minimum Gasteiger partial charge on any atom is -0.469 e. The lowest BCUT2D eigenvalue weighted by atomic mass is 10.1. The molecule has 1 heterocycles. The highest BCUT2D eigenvalue weighted by molar-refractivity contribution is 5.70. The maximum atomic E-state index is 11.2. The SMILES string of the molecule is CNC(CC(=O)OC)c1cnn(C)c1C. The summed E-state index contributed by atoms with van der Waals surface area (Å²) in [6.45, 7) is 1.98. The first-order valence-corrected chi connectivity index (χ1v) is 4.82. The Hall–Kier alpha value is -1.36. The molecule has 1 atom stereocenters. The molecule has 0 amide bonds. The Morgan fingerprint density at radius 2 is 2.40 bits per heavy atom. The van der Waals surface area contributed by atoms with Gasteiger partial charge in [0.1, 0.15) is 0 Å². The Bertz CT molecular complexity index is 346. The fraction of sp³-hybridized carbons (Fsp3) is 0.600. The Morgan fingerprint density at radius 3 is 2.80 bits per heavy atom. The van der Waals surface area contributed by atoms with Gasteiger partial charge in [0.25, 0.3) is 0 Å². The minimum absolute atomic E-state index is 0.0360. The second kappa shape index (κ2) is 4.93. The molecule has 0 aliphatic heterocycles. The van der Waals surface area contributed by atoms with Gasteiger partial charge >= 0.3 is 5.97 Å². The summed E-state index contributed by atoms with van der Waals surface area (Å²) in [5.74, 6) is -0.224. The quantitative estimate of drug-likeness (QED) is 0.739. The lowest BCUT2D eigenvalue weighted by Crippen LogP contribution is -2.21. The summed E-state index contributed by atoms with van der Waals surface area (Å²) < 4.78 is 6.43. The molecule has 1 aromatic rings. The summed E-state index contributed by atoms with van der Waals surface area (Å²) in [4.78, 5) is 11.2. The Labute approximate surface area is 89.4 Å². The molecule has 0 fully saturated rings. The molecule has 1 rings (SSSR count). The highest BCUT2D eigenvalue weighted by atomic mass is 16.5. The van der Waals surface area contributed by atoms with Crippen molar-refractivity contribution in [2.45, 2.75) is 19.4 Å². The van der Waals surface area contributed by atoms with Crippen LogP contribution in [0.25, 0.3) is 0 Å². The van der Waals surface area contributed by atoms with E-state index in [4.69, 9.17) is 0 Å². The van der Waals surface area contributed by atoms with Crippen molar-refractivity contribution in [2.75, 3.05) is 14.2 Å². The molecule has 1 aromatic heterocycles. The van der Waals surface area contributed by atoms with Gasteiger partial charge < -0.3 is 10.1 Å². The zero-order valence-electron chi connectivity index (χ0n) is 9.57. The van der Waals surface area contributed by atoms with Gasteiger partial charge in [-0.05, 0) is 14.0 Å². The van der Waals surface area contributed by atoms with E-state index < -0.39 is 0 Å². The molecule has 0 spiro atoms. The number of nitrogens with one attached hydrogen (secondary N) is 1. The number of methoxy groups -OCH3 is 1. The van der Waals surface area contributed by atoms with Crippen molar-refractivity contribution in [2.24, 2.45) is 7.05 Å². The van der Waals surface area contributed by atoms with Crippen molar-refractivity contribution >= 4 is 5.97 Å². The molecule has 0 saturated carbocycles. The smallest absolute Gasteiger partial charge is 0.307 e. The van der Waals surface area contributed by atoms with Crippen LogP contribution in [-0.4, -0.2) is 29.9 Å². The Morgan fingerprint density at radius 1 is 1.73 bits per heavy atom. The summed E-state index contributed by atoms with van der Waals surface area (Å²) in [6.07, 6.45) is 2.10. The van der Waals surface area contributed by atoms with Crippen LogP contribution in [0.4, 0.5) is 0 Å². The fourth-order valence-corrected chi connectivity index (χ4v) is 1.48. The van der Waals surface area contributed by atoms with Gasteiger partial charge in [0, 0.05) is 24.3 Å². The van der Waals surface area contributed by atoms with Crippen molar-refractivity contribution in [1.29, 1.82) is 0 Å². The molecule has 1 unspecified atom stereocenters. The van der Waals surface area contributed by atoms with E-state index in [1.54, 1.807) is 10.9 Å². The van der Waals surface area contributed by atoms with E-state index in [1.165, 1.54) is 7.11 Å². The van der Waals surface area contributed by atoms with Crippen LogP contribution in [0.15, 0.2) is 6.20 Å². The molecule has 0 bridgehead atoms. The van der Waals surface area contributed by atoms with Crippen LogP contribution in [0.2, 0.25) is 0 Å². The molecule has 5 nitrogen and oxygen atoms in total. The van der Waals surface area contributed by atoms with Crippen molar-refractivity contribution < 1.29 is 9.53 Å². The van der Waals surface area contributed by atoms with Gasteiger partial charge in [-0.15, -0.1) is 0 Å². The largest absolute Gasteiger partial charge is 0.469 e.